The Kier molecular flexibility index (Phi) is 4.43. The molecule has 0 radical (unpaired) electrons. The number of carbonyl (C=O) groups excluding carboxylic acids is 1. The average Bonchev–Trinajstić information content (AvgIpc) is 2.25. The van der Waals surface area contributed by atoms with Crippen LogP contribution in [-0.2, 0) is 4.74 Å². The van der Waals surface area contributed by atoms with Gasteiger partial charge in [0.2, 0.25) is 0 Å². The van der Waals surface area contributed by atoms with Crippen LogP contribution in [0, 0.1) is 0 Å². The largest absolute Gasteiger partial charge is 0.462 e. The molecule has 16 heavy (non-hydrogen) atoms. The maximum atomic E-state index is 11.6. The highest BCUT2D eigenvalue weighted by Crippen LogP contribution is 2.27. The predicted octanol–water partition coefficient (Wildman–Crippen LogP) is 2.46. The van der Waals surface area contributed by atoms with E-state index in [0.29, 0.717) is 12.2 Å². The van der Waals surface area contributed by atoms with Gasteiger partial charge in [-0.15, -0.1) is 0 Å². The number of unbranched alkanes of at least 4 members (excludes halogenated alkanes) is 1. The standard InChI is InChI=1S/C11H15ClN2O2/c1-2-3-4-16-11(15)7-5-8(13)10(12)9(14)6-7/h5-6H,2-4,13-14H2,1H3. The molecular weight excluding hydrogens is 228 g/mol. The maximum Gasteiger partial charge on any atom is 0.338 e. The van der Waals surface area contributed by atoms with E-state index in [-0.39, 0.29) is 16.4 Å². The summed E-state index contributed by atoms with van der Waals surface area (Å²) in [4.78, 5) is 11.6. The third-order valence-corrected chi connectivity index (χ3v) is 2.53. The van der Waals surface area contributed by atoms with Crippen molar-refractivity contribution < 1.29 is 9.53 Å². The number of ether oxygens (including phenoxy) is 1. The third kappa shape index (κ3) is 3.03. The van der Waals surface area contributed by atoms with Crippen molar-refractivity contribution >= 4 is 28.9 Å². The van der Waals surface area contributed by atoms with Crippen LogP contribution in [0.1, 0.15) is 30.1 Å². The fourth-order valence-corrected chi connectivity index (χ4v) is 1.29. The molecule has 0 saturated carbocycles. The summed E-state index contributed by atoms with van der Waals surface area (Å²) in [5.41, 5.74) is 12.1. The van der Waals surface area contributed by atoms with Crippen LogP contribution in [-0.4, -0.2) is 12.6 Å². The first kappa shape index (κ1) is 12.6. The Bertz CT molecular complexity index is 371. The molecule has 0 aliphatic rings. The lowest BCUT2D eigenvalue weighted by molar-refractivity contribution is 0.0500. The van der Waals surface area contributed by atoms with Crippen LogP contribution in [0.5, 0.6) is 0 Å². The van der Waals surface area contributed by atoms with Gasteiger partial charge < -0.3 is 16.2 Å². The number of hydrogen-bond donors (Lipinski definition) is 2. The Balaban J connectivity index is 2.76. The number of anilines is 2. The molecule has 1 aromatic rings. The first-order chi connectivity index (χ1) is 7.56. The summed E-state index contributed by atoms with van der Waals surface area (Å²) >= 11 is 5.78. The van der Waals surface area contributed by atoms with Gasteiger partial charge in [0.1, 0.15) is 0 Å². The lowest BCUT2D eigenvalue weighted by atomic mass is 10.2. The zero-order valence-corrected chi connectivity index (χ0v) is 9.88. The molecule has 4 N–H and O–H groups in total. The molecule has 0 atom stereocenters. The molecular formula is C11H15ClN2O2. The summed E-state index contributed by atoms with van der Waals surface area (Å²) < 4.78 is 5.03. The van der Waals surface area contributed by atoms with E-state index in [1.165, 1.54) is 12.1 Å². The molecule has 88 valence electrons. The van der Waals surface area contributed by atoms with Crippen LogP contribution in [0.4, 0.5) is 11.4 Å². The highest BCUT2D eigenvalue weighted by molar-refractivity contribution is 6.35. The first-order valence-corrected chi connectivity index (χ1v) is 5.45. The fourth-order valence-electron chi connectivity index (χ4n) is 1.18. The van der Waals surface area contributed by atoms with Gasteiger partial charge in [0, 0.05) is 0 Å². The Morgan fingerprint density at radius 1 is 1.38 bits per heavy atom. The zero-order valence-electron chi connectivity index (χ0n) is 9.13. The van der Waals surface area contributed by atoms with Crippen LogP contribution in [0.25, 0.3) is 0 Å². The lowest BCUT2D eigenvalue weighted by Gasteiger charge is -2.07. The molecule has 0 bridgehead atoms. The van der Waals surface area contributed by atoms with Crippen LogP contribution in [0.15, 0.2) is 12.1 Å². The van der Waals surface area contributed by atoms with Crippen molar-refractivity contribution in [1.29, 1.82) is 0 Å². The maximum absolute atomic E-state index is 11.6. The number of benzene rings is 1. The van der Waals surface area contributed by atoms with E-state index in [9.17, 15) is 4.79 Å². The van der Waals surface area contributed by atoms with Crippen molar-refractivity contribution in [3.8, 4) is 0 Å². The molecule has 0 aromatic heterocycles. The second-order valence-electron chi connectivity index (χ2n) is 3.46. The summed E-state index contributed by atoms with van der Waals surface area (Å²) in [6.07, 6.45) is 1.81. The molecule has 0 amide bonds. The van der Waals surface area contributed by atoms with Crippen molar-refractivity contribution in [1.82, 2.24) is 0 Å². The number of rotatable bonds is 4. The molecule has 0 aliphatic heterocycles. The number of carbonyl (C=O) groups is 1. The summed E-state index contributed by atoms with van der Waals surface area (Å²) in [6, 6.07) is 2.93. The van der Waals surface area contributed by atoms with Gasteiger partial charge in [0.05, 0.1) is 28.6 Å². The molecule has 0 heterocycles. The summed E-state index contributed by atoms with van der Waals surface area (Å²) in [6.45, 7) is 2.42. The topological polar surface area (TPSA) is 78.3 Å². The molecule has 0 fully saturated rings. The third-order valence-electron chi connectivity index (χ3n) is 2.10. The molecule has 0 saturated heterocycles. The van der Waals surface area contributed by atoms with Crippen LogP contribution in [0.3, 0.4) is 0 Å². The fraction of sp³-hybridized carbons (Fsp3) is 0.364. The minimum Gasteiger partial charge on any atom is -0.462 e. The minimum atomic E-state index is -0.427. The van der Waals surface area contributed by atoms with Crippen LogP contribution in [0.2, 0.25) is 5.02 Å². The Hall–Kier alpha value is -1.42. The quantitative estimate of drug-likeness (QED) is 0.483. The van der Waals surface area contributed by atoms with E-state index < -0.39 is 5.97 Å². The first-order valence-electron chi connectivity index (χ1n) is 5.08. The molecule has 1 aromatic carbocycles. The number of nitrogens with two attached hydrogens (primary N) is 2. The monoisotopic (exact) mass is 242 g/mol. The molecule has 0 unspecified atom stereocenters. The van der Waals surface area contributed by atoms with Crippen molar-refractivity contribution in [2.45, 2.75) is 19.8 Å². The van der Waals surface area contributed by atoms with Gasteiger partial charge in [-0.2, -0.15) is 0 Å². The molecule has 4 nitrogen and oxygen atoms in total. The SMILES string of the molecule is CCCCOC(=O)c1cc(N)c(Cl)c(N)c1. The Labute approximate surface area is 99.5 Å². The van der Waals surface area contributed by atoms with Gasteiger partial charge in [-0.25, -0.2) is 4.79 Å². The van der Waals surface area contributed by atoms with Crippen molar-refractivity contribution in [3.05, 3.63) is 22.7 Å². The lowest BCUT2D eigenvalue weighted by Crippen LogP contribution is -2.08. The van der Waals surface area contributed by atoms with Crippen molar-refractivity contribution in [2.24, 2.45) is 0 Å². The zero-order chi connectivity index (χ0) is 12.1. The van der Waals surface area contributed by atoms with Crippen molar-refractivity contribution in [2.75, 3.05) is 18.1 Å². The molecule has 0 spiro atoms. The van der Waals surface area contributed by atoms with Crippen LogP contribution < -0.4 is 11.5 Å². The number of nitrogen functional groups attached to an aromatic ring is 2. The van der Waals surface area contributed by atoms with Gasteiger partial charge in [-0.3, -0.25) is 0 Å². The summed E-state index contributed by atoms with van der Waals surface area (Å²) in [7, 11) is 0. The summed E-state index contributed by atoms with van der Waals surface area (Å²) in [5, 5.41) is 0.269. The van der Waals surface area contributed by atoms with Crippen molar-refractivity contribution in [3.63, 3.8) is 0 Å². The number of halogens is 1. The van der Waals surface area contributed by atoms with Gasteiger partial charge in [-0.05, 0) is 18.6 Å². The van der Waals surface area contributed by atoms with Gasteiger partial charge >= 0.3 is 5.97 Å². The van der Waals surface area contributed by atoms with Gasteiger partial charge in [-0.1, -0.05) is 24.9 Å². The smallest absolute Gasteiger partial charge is 0.338 e. The highest BCUT2D eigenvalue weighted by Gasteiger charge is 2.11. The second kappa shape index (κ2) is 5.61. The minimum absolute atomic E-state index is 0.269. The number of hydrogen-bond acceptors (Lipinski definition) is 4. The molecule has 5 heteroatoms. The van der Waals surface area contributed by atoms with E-state index in [4.69, 9.17) is 27.8 Å². The predicted molar refractivity (Wildman–Crippen MR) is 65.5 cm³/mol. The Morgan fingerprint density at radius 3 is 2.44 bits per heavy atom. The van der Waals surface area contributed by atoms with E-state index in [1.807, 2.05) is 6.92 Å². The van der Waals surface area contributed by atoms with Gasteiger partial charge in [0.25, 0.3) is 0 Å². The van der Waals surface area contributed by atoms with Crippen LogP contribution >= 0.6 is 11.6 Å². The van der Waals surface area contributed by atoms with E-state index in [1.54, 1.807) is 0 Å². The Morgan fingerprint density at radius 2 is 1.94 bits per heavy atom. The number of esters is 1. The van der Waals surface area contributed by atoms with Gasteiger partial charge in [0.15, 0.2) is 0 Å². The van der Waals surface area contributed by atoms with E-state index >= 15 is 0 Å². The second-order valence-corrected chi connectivity index (χ2v) is 3.84. The van der Waals surface area contributed by atoms with E-state index in [0.717, 1.165) is 12.8 Å². The highest BCUT2D eigenvalue weighted by atomic mass is 35.5. The normalized spacial score (nSPS) is 10.1. The van der Waals surface area contributed by atoms with E-state index in [2.05, 4.69) is 0 Å². The molecule has 0 aliphatic carbocycles. The average molecular weight is 243 g/mol. The summed E-state index contributed by atoms with van der Waals surface area (Å²) in [5.74, 6) is -0.427. The molecule has 1 rings (SSSR count).